The minimum Gasteiger partial charge on any atom is -0.453 e. The molecule has 23 heavy (non-hydrogen) atoms. The van der Waals surface area contributed by atoms with Crippen LogP contribution in [0.1, 0.15) is 12.0 Å². The van der Waals surface area contributed by atoms with Crippen molar-refractivity contribution in [3.8, 4) is 0 Å². The van der Waals surface area contributed by atoms with E-state index in [0.717, 1.165) is 38.3 Å². The molecule has 0 aliphatic carbocycles. The summed E-state index contributed by atoms with van der Waals surface area (Å²) in [6.45, 7) is 4.43. The van der Waals surface area contributed by atoms with Crippen molar-refractivity contribution in [2.75, 3.05) is 51.3 Å². The summed E-state index contributed by atoms with van der Waals surface area (Å²) in [5.74, 6) is 0.186. The molecule has 2 aliphatic rings. The molecule has 1 aromatic rings. The van der Waals surface area contributed by atoms with Gasteiger partial charge in [0.2, 0.25) is 5.91 Å². The number of piperazine rings is 1. The number of carbonyl (C=O) groups excluding carboxylic acids is 2. The summed E-state index contributed by atoms with van der Waals surface area (Å²) in [7, 11) is 1.40. The lowest BCUT2D eigenvalue weighted by Crippen LogP contribution is -2.49. The van der Waals surface area contributed by atoms with E-state index in [0.29, 0.717) is 19.5 Å². The molecule has 2 aliphatic heterocycles. The van der Waals surface area contributed by atoms with Gasteiger partial charge < -0.3 is 14.5 Å². The van der Waals surface area contributed by atoms with Crippen molar-refractivity contribution in [2.45, 2.75) is 12.8 Å². The summed E-state index contributed by atoms with van der Waals surface area (Å²) in [5, 5.41) is 0. The fraction of sp³-hybridized carbons (Fsp3) is 0.529. The predicted octanol–water partition coefficient (Wildman–Crippen LogP) is 1.35. The van der Waals surface area contributed by atoms with Gasteiger partial charge in [0.05, 0.1) is 7.11 Å². The highest BCUT2D eigenvalue weighted by atomic mass is 16.5. The molecule has 0 radical (unpaired) electrons. The molecule has 2 amide bonds. The van der Waals surface area contributed by atoms with Crippen LogP contribution < -0.4 is 4.90 Å². The van der Waals surface area contributed by atoms with Crippen LogP contribution in [0.25, 0.3) is 0 Å². The number of fused-ring (bicyclic) bond motifs is 1. The highest BCUT2D eigenvalue weighted by Crippen LogP contribution is 2.27. The summed E-state index contributed by atoms with van der Waals surface area (Å²) in [6, 6.07) is 8.12. The van der Waals surface area contributed by atoms with Gasteiger partial charge in [-0.25, -0.2) is 4.79 Å². The monoisotopic (exact) mass is 317 g/mol. The molecule has 124 valence electrons. The maximum Gasteiger partial charge on any atom is 0.409 e. The Hall–Kier alpha value is -2.08. The van der Waals surface area contributed by atoms with Crippen LogP contribution in [-0.4, -0.2) is 68.2 Å². The highest BCUT2D eigenvalue weighted by molar-refractivity contribution is 5.95. The number of ether oxygens (including phenoxy) is 1. The number of hydrogen-bond donors (Lipinski definition) is 0. The molecule has 0 bridgehead atoms. The minimum atomic E-state index is -0.269. The highest BCUT2D eigenvalue weighted by Gasteiger charge is 2.25. The minimum absolute atomic E-state index is 0.186. The Morgan fingerprint density at radius 2 is 1.83 bits per heavy atom. The number of benzene rings is 1. The zero-order chi connectivity index (χ0) is 16.2. The second-order valence-electron chi connectivity index (χ2n) is 5.97. The molecule has 0 unspecified atom stereocenters. The van der Waals surface area contributed by atoms with Crippen LogP contribution in [0, 0.1) is 0 Å². The van der Waals surface area contributed by atoms with Gasteiger partial charge in [0.25, 0.3) is 0 Å². The quantitative estimate of drug-likeness (QED) is 0.844. The molecule has 0 N–H and O–H groups in total. The third-order valence-electron chi connectivity index (χ3n) is 4.64. The normalized spacial score (nSPS) is 18.0. The first-order chi connectivity index (χ1) is 11.2. The standard InChI is InChI=1S/C17H23N3O3/c1-23-17(22)19-12-10-18(11-13-19)8-7-16(21)20-9-6-14-4-2-3-5-15(14)20/h2-5H,6-13H2,1H3. The topological polar surface area (TPSA) is 53.1 Å². The Labute approximate surface area is 136 Å². The number of anilines is 1. The summed E-state index contributed by atoms with van der Waals surface area (Å²) in [4.78, 5) is 29.8. The molecule has 0 spiro atoms. The summed E-state index contributed by atoms with van der Waals surface area (Å²) in [5.41, 5.74) is 2.32. The van der Waals surface area contributed by atoms with E-state index in [9.17, 15) is 9.59 Å². The number of para-hydroxylation sites is 1. The zero-order valence-electron chi connectivity index (χ0n) is 13.5. The molecule has 0 aromatic heterocycles. The van der Waals surface area contributed by atoms with E-state index in [4.69, 9.17) is 4.74 Å². The van der Waals surface area contributed by atoms with Crippen LogP contribution in [-0.2, 0) is 16.0 Å². The van der Waals surface area contributed by atoms with Crippen LogP contribution in [0.4, 0.5) is 10.5 Å². The fourth-order valence-electron chi connectivity index (χ4n) is 3.27. The molecule has 1 aromatic carbocycles. The van der Waals surface area contributed by atoms with Crippen molar-refractivity contribution in [1.29, 1.82) is 0 Å². The van der Waals surface area contributed by atoms with Gasteiger partial charge in [-0.05, 0) is 18.1 Å². The van der Waals surface area contributed by atoms with Crippen molar-refractivity contribution >= 4 is 17.7 Å². The van der Waals surface area contributed by atoms with Gasteiger partial charge in [-0.3, -0.25) is 9.69 Å². The first-order valence-corrected chi connectivity index (χ1v) is 8.12. The summed E-state index contributed by atoms with van der Waals surface area (Å²) < 4.78 is 4.73. The average Bonchev–Trinajstić information content (AvgIpc) is 3.03. The molecule has 6 nitrogen and oxygen atoms in total. The van der Waals surface area contributed by atoms with Crippen LogP contribution in [0.5, 0.6) is 0 Å². The molecular formula is C17H23N3O3. The summed E-state index contributed by atoms with van der Waals surface area (Å²) >= 11 is 0. The maximum atomic E-state index is 12.5. The lowest BCUT2D eigenvalue weighted by Gasteiger charge is -2.33. The Morgan fingerprint density at radius 1 is 1.09 bits per heavy atom. The zero-order valence-corrected chi connectivity index (χ0v) is 13.5. The van der Waals surface area contributed by atoms with E-state index in [2.05, 4.69) is 11.0 Å². The van der Waals surface area contributed by atoms with Crippen molar-refractivity contribution in [3.05, 3.63) is 29.8 Å². The van der Waals surface area contributed by atoms with Crippen LogP contribution >= 0.6 is 0 Å². The first kappa shape index (κ1) is 15.8. The lowest BCUT2D eigenvalue weighted by atomic mass is 10.2. The van der Waals surface area contributed by atoms with Crippen LogP contribution in [0.2, 0.25) is 0 Å². The second-order valence-corrected chi connectivity index (χ2v) is 5.97. The van der Waals surface area contributed by atoms with Gasteiger partial charge >= 0.3 is 6.09 Å². The molecule has 6 heteroatoms. The van der Waals surface area contributed by atoms with E-state index in [-0.39, 0.29) is 12.0 Å². The van der Waals surface area contributed by atoms with E-state index < -0.39 is 0 Å². The molecule has 0 saturated carbocycles. The molecule has 3 rings (SSSR count). The Bertz CT molecular complexity index is 582. The Morgan fingerprint density at radius 3 is 2.57 bits per heavy atom. The van der Waals surface area contributed by atoms with Crippen molar-refractivity contribution in [3.63, 3.8) is 0 Å². The Kier molecular flexibility index (Phi) is 4.81. The number of carbonyl (C=O) groups is 2. The number of amides is 2. The number of hydrogen-bond acceptors (Lipinski definition) is 4. The van der Waals surface area contributed by atoms with Crippen molar-refractivity contribution in [1.82, 2.24) is 9.80 Å². The van der Waals surface area contributed by atoms with E-state index in [1.807, 2.05) is 23.1 Å². The van der Waals surface area contributed by atoms with E-state index in [1.54, 1.807) is 4.90 Å². The molecule has 1 saturated heterocycles. The third-order valence-corrected chi connectivity index (χ3v) is 4.64. The number of rotatable bonds is 3. The second kappa shape index (κ2) is 7.00. The third kappa shape index (κ3) is 3.47. The van der Waals surface area contributed by atoms with Gasteiger partial charge in [-0.15, -0.1) is 0 Å². The van der Waals surface area contributed by atoms with Crippen molar-refractivity contribution < 1.29 is 14.3 Å². The fourth-order valence-corrected chi connectivity index (χ4v) is 3.27. The molecular weight excluding hydrogens is 294 g/mol. The van der Waals surface area contributed by atoms with Crippen molar-refractivity contribution in [2.24, 2.45) is 0 Å². The van der Waals surface area contributed by atoms with E-state index in [1.165, 1.54) is 12.7 Å². The number of nitrogens with zero attached hydrogens (tertiary/aromatic N) is 3. The van der Waals surface area contributed by atoms with Crippen LogP contribution in [0.3, 0.4) is 0 Å². The smallest absolute Gasteiger partial charge is 0.409 e. The Balaban J connectivity index is 1.47. The van der Waals surface area contributed by atoms with E-state index >= 15 is 0 Å². The van der Waals surface area contributed by atoms with Gasteiger partial charge in [-0.2, -0.15) is 0 Å². The predicted molar refractivity (Wildman–Crippen MR) is 87.5 cm³/mol. The van der Waals surface area contributed by atoms with Gasteiger partial charge in [0.1, 0.15) is 0 Å². The van der Waals surface area contributed by atoms with Gasteiger partial charge in [-0.1, -0.05) is 18.2 Å². The van der Waals surface area contributed by atoms with Crippen LogP contribution in [0.15, 0.2) is 24.3 Å². The largest absolute Gasteiger partial charge is 0.453 e. The average molecular weight is 317 g/mol. The SMILES string of the molecule is COC(=O)N1CCN(CCC(=O)N2CCc3ccccc32)CC1. The number of methoxy groups -OCH3 is 1. The summed E-state index contributed by atoms with van der Waals surface area (Å²) in [6.07, 6.45) is 1.20. The maximum absolute atomic E-state index is 12.5. The molecule has 0 atom stereocenters. The lowest BCUT2D eigenvalue weighted by molar-refractivity contribution is -0.118. The molecule has 1 fully saturated rings. The van der Waals surface area contributed by atoms with Gasteiger partial charge in [0.15, 0.2) is 0 Å². The molecule has 2 heterocycles. The first-order valence-electron chi connectivity index (χ1n) is 8.12. The van der Waals surface area contributed by atoms with Gasteiger partial charge in [0, 0.05) is 51.4 Å².